The van der Waals surface area contributed by atoms with Gasteiger partial charge in [-0.2, -0.15) is 0 Å². The van der Waals surface area contributed by atoms with E-state index in [-0.39, 0.29) is 18.9 Å². The van der Waals surface area contributed by atoms with Crippen LogP contribution in [0.25, 0.3) is 0 Å². The highest BCUT2D eigenvalue weighted by molar-refractivity contribution is 6.00. The number of nitrogens with zero attached hydrogens (tertiary/aromatic N) is 1. The summed E-state index contributed by atoms with van der Waals surface area (Å²) in [4.78, 5) is 49.0. The average Bonchev–Trinajstić information content (AvgIpc) is 3.03. The molecule has 8 heteroatoms. The molecule has 1 aliphatic heterocycles. The number of hydrogen-bond donors (Lipinski definition) is 1. The Labute approximate surface area is 151 Å². The van der Waals surface area contributed by atoms with Gasteiger partial charge in [0.05, 0.1) is 13.0 Å². The molecule has 1 fully saturated rings. The molecule has 2 atom stereocenters. The molecule has 140 valence electrons. The van der Waals surface area contributed by atoms with E-state index in [2.05, 4.69) is 4.74 Å². The van der Waals surface area contributed by atoms with E-state index >= 15 is 0 Å². The Balaban J connectivity index is 2.00. The van der Waals surface area contributed by atoms with E-state index in [1.807, 2.05) is 36.5 Å². The van der Waals surface area contributed by atoms with Gasteiger partial charge in [0.15, 0.2) is 6.10 Å². The first kappa shape index (κ1) is 19.4. The van der Waals surface area contributed by atoms with Gasteiger partial charge in [0, 0.05) is 18.7 Å². The molecule has 26 heavy (non-hydrogen) atoms. The zero-order valence-corrected chi connectivity index (χ0v) is 15.0. The number of hydrogen-bond acceptors (Lipinski definition) is 6. The molecule has 1 aliphatic rings. The van der Waals surface area contributed by atoms with Crippen molar-refractivity contribution in [3.63, 3.8) is 0 Å². The first-order valence-electron chi connectivity index (χ1n) is 8.34. The zero-order chi connectivity index (χ0) is 19.3. The standard InChI is InChI=1S/C18H22N2O6/c1-4-12-7-5-6-8-14(12)20-10-13(9-15(20)21)17(23)26-11(2)16(22)19-18(24)25-3/h5-8,11,13H,4,9-10H2,1-3H3,(H,19,22,24)/t11-,13-/m1/s1. The SMILES string of the molecule is CCc1ccccc1N1C[C@H](C(=O)O[C@H](C)C(=O)NC(=O)OC)CC1=O. The van der Waals surface area contributed by atoms with Crippen LogP contribution >= 0.6 is 0 Å². The molecule has 0 unspecified atom stereocenters. The normalized spacial score (nSPS) is 17.6. The maximum Gasteiger partial charge on any atom is 0.413 e. The second kappa shape index (κ2) is 8.46. The van der Waals surface area contributed by atoms with Crippen molar-refractivity contribution in [3.8, 4) is 0 Å². The molecule has 0 aromatic heterocycles. The Morgan fingerprint density at radius 2 is 2.00 bits per heavy atom. The fourth-order valence-corrected chi connectivity index (χ4v) is 2.75. The third kappa shape index (κ3) is 4.38. The van der Waals surface area contributed by atoms with Gasteiger partial charge in [-0.3, -0.25) is 19.7 Å². The van der Waals surface area contributed by atoms with Crippen LogP contribution in [-0.2, 0) is 30.3 Å². The Hall–Kier alpha value is -2.90. The number of nitrogens with one attached hydrogen (secondary N) is 1. The first-order chi connectivity index (χ1) is 12.4. The first-order valence-corrected chi connectivity index (χ1v) is 8.34. The van der Waals surface area contributed by atoms with E-state index in [0.29, 0.717) is 0 Å². The summed E-state index contributed by atoms with van der Waals surface area (Å²) in [6.45, 7) is 3.53. The lowest BCUT2D eigenvalue weighted by molar-refractivity contribution is -0.158. The molecule has 1 aromatic rings. The number of imide groups is 1. The smallest absolute Gasteiger partial charge is 0.413 e. The van der Waals surface area contributed by atoms with Crippen molar-refractivity contribution in [3.05, 3.63) is 29.8 Å². The summed E-state index contributed by atoms with van der Waals surface area (Å²) >= 11 is 0. The van der Waals surface area contributed by atoms with Gasteiger partial charge in [-0.05, 0) is 25.0 Å². The number of alkyl carbamates (subject to hydrolysis) is 1. The van der Waals surface area contributed by atoms with Crippen LogP contribution in [0.2, 0.25) is 0 Å². The number of benzene rings is 1. The van der Waals surface area contributed by atoms with Gasteiger partial charge in [0.2, 0.25) is 5.91 Å². The van der Waals surface area contributed by atoms with Crippen LogP contribution in [0.4, 0.5) is 10.5 Å². The van der Waals surface area contributed by atoms with Crippen molar-refractivity contribution >= 4 is 29.6 Å². The van der Waals surface area contributed by atoms with Gasteiger partial charge in [0.25, 0.3) is 5.91 Å². The fourth-order valence-electron chi connectivity index (χ4n) is 2.75. The van der Waals surface area contributed by atoms with Crippen LogP contribution in [0.5, 0.6) is 0 Å². The topological polar surface area (TPSA) is 102 Å². The number of esters is 1. The van der Waals surface area contributed by atoms with Gasteiger partial charge in [-0.1, -0.05) is 25.1 Å². The molecular weight excluding hydrogens is 340 g/mol. The lowest BCUT2D eigenvalue weighted by Gasteiger charge is -2.20. The third-order valence-corrected chi connectivity index (χ3v) is 4.19. The number of para-hydroxylation sites is 1. The lowest BCUT2D eigenvalue weighted by Crippen LogP contribution is -2.40. The van der Waals surface area contributed by atoms with Crippen molar-refractivity contribution in [2.75, 3.05) is 18.6 Å². The molecule has 1 aromatic carbocycles. The second-order valence-electron chi connectivity index (χ2n) is 5.95. The number of methoxy groups -OCH3 is 1. The van der Waals surface area contributed by atoms with Crippen LogP contribution in [0.15, 0.2) is 24.3 Å². The van der Waals surface area contributed by atoms with E-state index in [1.54, 1.807) is 4.90 Å². The van der Waals surface area contributed by atoms with E-state index in [0.717, 1.165) is 24.8 Å². The van der Waals surface area contributed by atoms with Crippen LogP contribution in [0.3, 0.4) is 0 Å². The Bertz CT molecular complexity index is 717. The molecule has 0 spiro atoms. The minimum atomic E-state index is -1.17. The summed E-state index contributed by atoms with van der Waals surface area (Å²) in [6.07, 6.45) is -1.33. The second-order valence-corrected chi connectivity index (χ2v) is 5.95. The number of rotatable bonds is 5. The molecule has 0 aliphatic carbocycles. The highest BCUT2D eigenvalue weighted by Crippen LogP contribution is 2.29. The van der Waals surface area contributed by atoms with Crippen molar-refractivity contribution in [1.29, 1.82) is 0 Å². The monoisotopic (exact) mass is 362 g/mol. The number of carbonyl (C=O) groups is 4. The average molecular weight is 362 g/mol. The van der Waals surface area contributed by atoms with Gasteiger partial charge in [-0.15, -0.1) is 0 Å². The third-order valence-electron chi connectivity index (χ3n) is 4.19. The van der Waals surface area contributed by atoms with E-state index in [9.17, 15) is 19.2 Å². The van der Waals surface area contributed by atoms with Gasteiger partial charge < -0.3 is 14.4 Å². The van der Waals surface area contributed by atoms with Gasteiger partial charge in [0.1, 0.15) is 0 Å². The van der Waals surface area contributed by atoms with Gasteiger partial charge >= 0.3 is 12.1 Å². The van der Waals surface area contributed by atoms with Crippen LogP contribution < -0.4 is 10.2 Å². The summed E-state index contributed by atoms with van der Waals surface area (Å²) in [5.41, 5.74) is 1.80. The van der Waals surface area contributed by atoms with E-state index in [4.69, 9.17) is 4.74 Å². The molecule has 1 saturated heterocycles. The highest BCUT2D eigenvalue weighted by atomic mass is 16.6. The van der Waals surface area contributed by atoms with E-state index in [1.165, 1.54) is 6.92 Å². The number of aryl methyl sites for hydroxylation is 1. The molecule has 0 saturated carbocycles. The highest BCUT2D eigenvalue weighted by Gasteiger charge is 2.38. The van der Waals surface area contributed by atoms with Crippen LogP contribution in [0.1, 0.15) is 25.8 Å². The summed E-state index contributed by atoms with van der Waals surface area (Å²) in [5, 5.41) is 1.93. The van der Waals surface area contributed by atoms with E-state index < -0.39 is 30.0 Å². The molecule has 2 rings (SSSR count). The molecule has 1 heterocycles. The Morgan fingerprint density at radius 1 is 1.31 bits per heavy atom. The predicted octanol–water partition coefficient (Wildman–Crippen LogP) is 1.42. The van der Waals surface area contributed by atoms with Crippen LogP contribution in [-0.4, -0.2) is 43.6 Å². The predicted molar refractivity (Wildman–Crippen MR) is 92.4 cm³/mol. The molecule has 8 nitrogen and oxygen atoms in total. The molecule has 0 radical (unpaired) electrons. The van der Waals surface area contributed by atoms with Gasteiger partial charge in [-0.25, -0.2) is 4.79 Å². The van der Waals surface area contributed by atoms with Crippen molar-refractivity contribution in [2.24, 2.45) is 5.92 Å². The quantitative estimate of drug-likeness (QED) is 0.795. The maximum atomic E-state index is 12.3. The summed E-state index contributed by atoms with van der Waals surface area (Å²) in [7, 11) is 1.12. The van der Waals surface area contributed by atoms with Crippen molar-refractivity contribution in [1.82, 2.24) is 5.32 Å². The lowest BCUT2D eigenvalue weighted by atomic mass is 10.1. The van der Waals surface area contributed by atoms with Crippen molar-refractivity contribution < 1.29 is 28.7 Å². The molecular formula is C18H22N2O6. The summed E-state index contributed by atoms with van der Waals surface area (Å²) in [6, 6.07) is 7.52. The Morgan fingerprint density at radius 3 is 2.65 bits per heavy atom. The minimum absolute atomic E-state index is 0.0161. The van der Waals surface area contributed by atoms with Crippen LogP contribution in [0, 0.1) is 5.92 Å². The maximum absolute atomic E-state index is 12.3. The minimum Gasteiger partial charge on any atom is -0.453 e. The summed E-state index contributed by atoms with van der Waals surface area (Å²) in [5.74, 6) is -2.27. The molecule has 3 amide bonds. The number of ether oxygens (including phenoxy) is 2. The zero-order valence-electron chi connectivity index (χ0n) is 15.0. The van der Waals surface area contributed by atoms with Crippen molar-refractivity contribution in [2.45, 2.75) is 32.8 Å². The number of amides is 3. The largest absolute Gasteiger partial charge is 0.453 e. The fraction of sp³-hybridized carbons (Fsp3) is 0.444. The Kier molecular flexibility index (Phi) is 6.32. The molecule has 0 bridgehead atoms. The number of carbonyl (C=O) groups excluding carboxylic acids is 4. The number of anilines is 1. The summed E-state index contributed by atoms with van der Waals surface area (Å²) < 4.78 is 9.40. The molecule has 1 N–H and O–H groups in total.